The number of rotatable bonds is 4. The van der Waals surface area contributed by atoms with Crippen LogP contribution in [-0.4, -0.2) is 31.0 Å². The molecule has 0 fully saturated rings. The van der Waals surface area contributed by atoms with E-state index in [-0.39, 0.29) is 5.78 Å². The Hall–Kier alpha value is -2.28. The molecule has 0 saturated carbocycles. The summed E-state index contributed by atoms with van der Waals surface area (Å²) in [5.74, 6) is 0.479. The molecular weight excluding hydrogens is 358 g/mol. The highest BCUT2D eigenvalue weighted by Gasteiger charge is 2.22. The summed E-state index contributed by atoms with van der Waals surface area (Å²) < 4.78 is 0.877. The van der Waals surface area contributed by atoms with Gasteiger partial charge in [0.1, 0.15) is 0 Å². The van der Waals surface area contributed by atoms with Crippen molar-refractivity contribution in [3.8, 4) is 11.5 Å². The zero-order chi connectivity index (χ0) is 16.6. The second-order valence-electron chi connectivity index (χ2n) is 5.27. The van der Waals surface area contributed by atoms with Crippen LogP contribution in [0.4, 0.5) is 0 Å². The van der Waals surface area contributed by atoms with Gasteiger partial charge in [0.05, 0.1) is 12.2 Å². The number of nitrogens with one attached hydrogen (secondary N) is 1. The summed E-state index contributed by atoms with van der Waals surface area (Å²) in [6.07, 6.45) is 0. The number of aromatic amines is 1. The van der Waals surface area contributed by atoms with Crippen LogP contribution in [0.2, 0.25) is 0 Å². The van der Waals surface area contributed by atoms with Gasteiger partial charge in [0, 0.05) is 21.3 Å². The van der Waals surface area contributed by atoms with Crippen molar-refractivity contribution < 1.29 is 4.79 Å². The number of hydrogen-bond acceptors (Lipinski definition) is 4. The second kappa shape index (κ2) is 6.08. The Balaban J connectivity index is 2.05. The van der Waals surface area contributed by atoms with E-state index in [0.717, 1.165) is 21.4 Å². The molecule has 6 nitrogen and oxygen atoms in total. The van der Waals surface area contributed by atoms with Gasteiger partial charge in [-0.1, -0.05) is 28.1 Å². The van der Waals surface area contributed by atoms with Gasteiger partial charge in [0.15, 0.2) is 5.78 Å². The third-order valence-electron chi connectivity index (χ3n) is 3.71. The Kier molecular flexibility index (Phi) is 4.12. The van der Waals surface area contributed by atoms with Crippen molar-refractivity contribution >= 4 is 21.7 Å². The zero-order valence-corrected chi connectivity index (χ0v) is 14.7. The zero-order valence-electron chi connectivity index (χ0n) is 13.1. The van der Waals surface area contributed by atoms with E-state index in [9.17, 15) is 4.79 Å². The Labute approximate surface area is 142 Å². The molecule has 23 heavy (non-hydrogen) atoms. The summed E-state index contributed by atoms with van der Waals surface area (Å²) in [5, 5.41) is 12.3. The van der Waals surface area contributed by atoms with Crippen molar-refractivity contribution in [2.24, 2.45) is 0 Å². The van der Waals surface area contributed by atoms with E-state index in [1.54, 1.807) is 0 Å². The number of H-pyrrole nitrogens is 1. The van der Waals surface area contributed by atoms with Crippen LogP contribution < -0.4 is 0 Å². The average Bonchev–Trinajstić information content (AvgIpc) is 3.11. The second-order valence-corrected chi connectivity index (χ2v) is 6.18. The molecule has 0 bridgehead atoms. The normalized spacial score (nSPS) is 11.0. The number of tetrazole rings is 1. The number of aryl methyl sites for hydroxylation is 2. The van der Waals surface area contributed by atoms with E-state index in [2.05, 4.69) is 36.3 Å². The third-order valence-corrected chi connectivity index (χ3v) is 4.20. The molecule has 3 aromatic rings. The monoisotopic (exact) mass is 373 g/mol. The summed E-state index contributed by atoms with van der Waals surface area (Å²) in [5.41, 5.74) is 3.67. The minimum atomic E-state index is -0.0216. The molecular formula is C16H16BrN5O. The lowest BCUT2D eigenvalue weighted by Gasteiger charge is -2.03. The SMILES string of the molecule is CCn1nnc(-c2[nH]c(C)c(C(=O)c3cccc(Br)c3)c2C)n1. The topological polar surface area (TPSA) is 76.5 Å². The smallest absolute Gasteiger partial charge is 0.221 e. The van der Waals surface area contributed by atoms with Crippen LogP contribution in [0, 0.1) is 13.8 Å². The highest BCUT2D eigenvalue weighted by atomic mass is 79.9. The first-order chi connectivity index (χ1) is 11.0. The van der Waals surface area contributed by atoms with Gasteiger partial charge in [0.25, 0.3) is 0 Å². The van der Waals surface area contributed by atoms with Gasteiger partial charge < -0.3 is 4.98 Å². The molecule has 7 heteroatoms. The number of ketones is 1. The fourth-order valence-electron chi connectivity index (χ4n) is 2.57. The van der Waals surface area contributed by atoms with E-state index >= 15 is 0 Å². The van der Waals surface area contributed by atoms with Gasteiger partial charge in [-0.2, -0.15) is 4.80 Å². The van der Waals surface area contributed by atoms with E-state index in [1.807, 2.05) is 45.0 Å². The first-order valence-corrected chi connectivity index (χ1v) is 8.08. The molecule has 2 aromatic heterocycles. The molecule has 3 rings (SSSR count). The molecule has 118 valence electrons. The molecule has 0 saturated heterocycles. The number of aromatic nitrogens is 5. The third kappa shape index (κ3) is 2.84. The van der Waals surface area contributed by atoms with E-state index < -0.39 is 0 Å². The first-order valence-electron chi connectivity index (χ1n) is 7.29. The van der Waals surface area contributed by atoms with Crippen molar-refractivity contribution in [2.45, 2.75) is 27.3 Å². The predicted molar refractivity (Wildman–Crippen MR) is 90.3 cm³/mol. The maximum absolute atomic E-state index is 12.8. The summed E-state index contributed by atoms with van der Waals surface area (Å²) in [6.45, 7) is 6.37. The van der Waals surface area contributed by atoms with Crippen LogP contribution in [-0.2, 0) is 6.54 Å². The van der Waals surface area contributed by atoms with Gasteiger partial charge in [0.2, 0.25) is 5.82 Å². The maximum Gasteiger partial charge on any atom is 0.221 e. The maximum atomic E-state index is 12.8. The van der Waals surface area contributed by atoms with Crippen LogP contribution in [0.3, 0.4) is 0 Å². The summed E-state index contributed by atoms with van der Waals surface area (Å²) >= 11 is 3.40. The van der Waals surface area contributed by atoms with Crippen molar-refractivity contribution in [2.75, 3.05) is 0 Å². The van der Waals surface area contributed by atoms with Crippen molar-refractivity contribution in [1.29, 1.82) is 0 Å². The molecule has 0 aliphatic carbocycles. The number of benzene rings is 1. The number of carbonyl (C=O) groups excluding carboxylic acids is 1. The summed E-state index contributed by atoms with van der Waals surface area (Å²) in [6, 6.07) is 7.37. The predicted octanol–water partition coefficient (Wildman–Crippen LogP) is 3.30. The molecule has 0 spiro atoms. The lowest BCUT2D eigenvalue weighted by Crippen LogP contribution is -2.03. The Bertz CT molecular complexity index is 880. The Morgan fingerprint density at radius 3 is 2.78 bits per heavy atom. The number of nitrogens with zero attached hydrogens (tertiary/aromatic N) is 4. The van der Waals surface area contributed by atoms with Crippen molar-refractivity contribution in [3.63, 3.8) is 0 Å². The van der Waals surface area contributed by atoms with Gasteiger partial charge in [-0.25, -0.2) is 0 Å². The van der Waals surface area contributed by atoms with E-state index in [4.69, 9.17) is 0 Å². The van der Waals surface area contributed by atoms with Gasteiger partial charge in [-0.3, -0.25) is 4.79 Å². The highest BCUT2D eigenvalue weighted by Crippen LogP contribution is 2.27. The molecule has 0 unspecified atom stereocenters. The minimum absolute atomic E-state index is 0.0216. The average molecular weight is 374 g/mol. The van der Waals surface area contributed by atoms with Crippen LogP contribution in [0.1, 0.15) is 34.1 Å². The van der Waals surface area contributed by atoms with E-state index in [1.165, 1.54) is 4.80 Å². The molecule has 1 aromatic carbocycles. The molecule has 0 atom stereocenters. The minimum Gasteiger partial charge on any atom is -0.355 e. The number of halogens is 1. The standard InChI is InChI=1S/C16H16BrN5O/c1-4-22-20-16(19-21-22)14-9(2)13(10(3)18-14)15(23)11-6-5-7-12(17)8-11/h5-8,18H,4H2,1-3H3. The summed E-state index contributed by atoms with van der Waals surface area (Å²) in [4.78, 5) is 17.6. The van der Waals surface area contributed by atoms with E-state index in [0.29, 0.717) is 23.5 Å². The lowest BCUT2D eigenvalue weighted by atomic mass is 9.99. The molecule has 1 N–H and O–H groups in total. The number of hydrogen-bond donors (Lipinski definition) is 1. The fraction of sp³-hybridized carbons (Fsp3) is 0.250. The van der Waals surface area contributed by atoms with Gasteiger partial charge >= 0.3 is 0 Å². The summed E-state index contributed by atoms with van der Waals surface area (Å²) in [7, 11) is 0. The molecule has 0 amide bonds. The van der Waals surface area contributed by atoms with Crippen LogP contribution in [0.15, 0.2) is 28.7 Å². The Morgan fingerprint density at radius 2 is 2.13 bits per heavy atom. The largest absolute Gasteiger partial charge is 0.355 e. The Morgan fingerprint density at radius 1 is 1.35 bits per heavy atom. The molecule has 0 radical (unpaired) electrons. The van der Waals surface area contributed by atoms with Crippen molar-refractivity contribution in [1.82, 2.24) is 25.2 Å². The van der Waals surface area contributed by atoms with Crippen molar-refractivity contribution in [3.05, 3.63) is 51.1 Å². The highest BCUT2D eigenvalue weighted by molar-refractivity contribution is 9.10. The van der Waals surface area contributed by atoms with Gasteiger partial charge in [-0.15, -0.1) is 10.2 Å². The fourth-order valence-corrected chi connectivity index (χ4v) is 2.96. The quantitative estimate of drug-likeness (QED) is 0.711. The molecule has 0 aliphatic heterocycles. The van der Waals surface area contributed by atoms with Crippen LogP contribution in [0.25, 0.3) is 11.5 Å². The van der Waals surface area contributed by atoms with Crippen LogP contribution in [0.5, 0.6) is 0 Å². The molecule has 0 aliphatic rings. The van der Waals surface area contributed by atoms with Crippen LogP contribution >= 0.6 is 15.9 Å². The first kappa shape index (κ1) is 15.6. The lowest BCUT2D eigenvalue weighted by molar-refractivity contribution is 0.103. The van der Waals surface area contributed by atoms with Gasteiger partial charge in [-0.05, 0) is 43.7 Å². The molecule has 2 heterocycles. The number of carbonyl (C=O) groups is 1.